The molecule has 0 radical (unpaired) electrons. The largest absolute Gasteiger partial charge is 0.355 e. The number of carbonyl (C=O) groups excluding carboxylic acids is 2. The number of anilines is 2. The smallest absolute Gasteiger partial charge is 0.273 e. The molecule has 0 bridgehead atoms. The highest BCUT2D eigenvalue weighted by molar-refractivity contribution is 5.98. The first kappa shape index (κ1) is 23.1. The lowest BCUT2D eigenvalue weighted by atomic mass is 10.1. The SMILES string of the molecule is CC(=O)N1CCN(c2nc3c(c(N(C)Cc4ccc5ccn(C)c5c4)n2)CN(C(C)C)C3=O)CC1. The van der Waals surface area contributed by atoms with E-state index in [9.17, 15) is 9.59 Å². The summed E-state index contributed by atoms with van der Waals surface area (Å²) < 4.78 is 2.12. The zero-order valence-electron chi connectivity index (χ0n) is 21.2. The fourth-order valence-electron chi connectivity index (χ4n) is 5.01. The molecule has 184 valence electrons. The standard InChI is InChI=1S/C26H33N7O2/c1-17(2)33-16-21-23(25(33)35)27-26(32-12-10-31(11-13-32)18(3)34)28-24(21)30(5)15-19-6-7-20-8-9-29(4)22(20)14-19/h6-9,14,17H,10-13,15-16H2,1-5H3. The summed E-state index contributed by atoms with van der Waals surface area (Å²) in [7, 11) is 4.08. The Kier molecular flexibility index (Phi) is 5.86. The molecule has 2 aliphatic rings. The van der Waals surface area contributed by atoms with Crippen LogP contribution in [0.4, 0.5) is 11.8 Å². The highest BCUT2D eigenvalue weighted by Gasteiger charge is 2.36. The van der Waals surface area contributed by atoms with Gasteiger partial charge in [-0.25, -0.2) is 4.98 Å². The molecule has 0 aliphatic carbocycles. The lowest BCUT2D eigenvalue weighted by Gasteiger charge is -2.34. The molecule has 0 atom stereocenters. The highest BCUT2D eigenvalue weighted by Crippen LogP contribution is 2.33. The molecule has 2 aliphatic heterocycles. The number of amides is 2. The fraction of sp³-hybridized carbons (Fsp3) is 0.462. The summed E-state index contributed by atoms with van der Waals surface area (Å²) in [6.07, 6.45) is 2.07. The van der Waals surface area contributed by atoms with Crippen molar-refractivity contribution >= 4 is 34.5 Å². The summed E-state index contributed by atoms with van der Waals surface area (Å²) in [5.74, 6) is 1.40. The lowest BCUT2D eigenvalue weighted by Crippen LogP contribution is -2.48. The van der Waals surface area contributed by atoms with E-state index in [1.54, 1.807) is 6.92 Å². The normalized spacial score (nSPS) is 15.9. The van der Waals surface area contributed by atoms with Gasteiger partial charge in [0.15, 0.2) is 0 Å². The van der Waals surface area contributed by atoms with Crippen LogP contribution in [-0.4, -0.2) is 75.4 Å². The molecule has 0 spiro atoms. The maximum Gasteiger partial charge on any atom is 0.273 e. The van der Waals surface area contributed by atoms with E-state index in [1.165, 1.54) is 16.5 Å². The predicted molar refractivity (Wildman–Crippen MR) is 137 cm³/mol. The number of nitrogens with zero attached hydrogens (tertiary/aromatic N) is 7. The Morgan fingerprint density at radius 1 is 1.11 bits per heavy atom. The van der Waals surface area contributed by atoms with Crippen LogP contribution in [0.25, 0.3) is 10.9 Å². The number of rotatable bonds is 5. The quantitative estimate of drug-likeness (QED) is 0.565. The van der Waals surface area contributed by atoms with Gasteiger partial charge in [-0.2, -0.15) is 4.98 Å². The third-order valence-electron chi connectivity index (χ3n) is 7.13. The number of aryl methyl sites for hydroxylation is 1. The van der Waals surface area contributed by atoms with Crippen LogP contribution in [0, 0.1) is 0 Å². The number of benzene rings is 1. The molecule has 3 aromatic rings. The van der Waals surface area contributed by atoms with Crippen LogP contribution in [-0.2, 0) is 24.9 Å². The topological polar surface area (TPSA) is 77.8 Å². The van der Waals surface area contributed by atoms with Crippen molar-refractivity contribution in [1.29, 1.82) is 0 Å². The van der Waals surface area contributed by atoms with Crippen LogP contribution in [0.2, 0.25) is 0 Å². The number of hydrogen-bond acceptors (Lipinski definition) is 6. The van der Waals surface area contributed by atoms with Crippen molar-refractivity contribution in [3.63, 3.8) is 0 Å². The molecule has 1 fully saturated rings. The van der Waals surface area contributed by atoms with Crippen LogP contribution in [0.5, 0.6) is 0 Å². The average Bonchev–Trinajstić information content (AvgIpc) is 3.38. The maximum atomic E-state index is 13.2. The third kappa shape index (κ3) is 4.19. The predicted octanol–water partition coefficient (Wildman–Crippen LogP) is 2.64. The van der Waals surface area contributed by atoms with Gasteiger partial charge in [0, 0.05) is 77.1 Å². The van der Waals surface area contributed by atoms with Crippen molar-refractivity contribution in [3.05, 3.63) is 47.3 Å². The van der Waals surface area contributed by atoms with Crippen molar-refractivity contribution < 1.29 is 9.59 Å². The van der Waals surface area contributed by atoms with Gasteiger partial charge in [-0.1, -0.05) is 12.1 Å². The lowest BCUT2D eigenvalue weighted by molar-refractivity contribution is -0.129. The summed E-state index contributed by atoms with van der Waals surface area (Å²) in [5.41, 5.74) is 3.75. The number of piperazine rings is 1. The average molecular weight is 476 g/mol. The van der Waals surface area contributed by atoms with Gasteiger partial charge in [0.1, 0.15) is 11.5 Å². The summed E-state index contributed by atoms with van der Waals surface area (Å²) in [6.45, 7) is 9.38. The van der Waals surface area contributed by atoms with E-state index in [0.29, 0.717) is 50.9 Å². The van der Waals surface area contributed by atoms with Gasteiger partial charge in [0.05, 0.1) is 6.54 Å². The Balaban J connectivity index is 1.48. The van der Waals surface area contributed by atoms with E-state index in [0.717, 1.165) is 11.4 Å². The van der Waals surface area contributed by atoms with Gasteiger partial charge in [-0.15, -0.1) is 0 Å². The second-order valence-electron chi connectivity index (χ2n) is 9.87. The second-order valence-corrected chi connectivity index (χ2v) is 9.87. The van der Waals surface area contributed by atoms with E-state index in [-0.39, 0.29) is 17.9 Å². The summed E-state index contributed by atoms with van der Waals surface area (Å²) in [5, 5.41) is 1.21. The minimum absolute atomic E-state index is 0.0408. The first-order valence-electron chi connectivity index (χ1n) is 12.2. The Morgan fingerprint density at radius 2 is 1.86 bits per heavy atom. The number of aromatic nitrogens is 3. The van der Waals surface area contributed by atoms with E-state index in [1.807, 2.05) is 30.7 Å². The van der Waals surface area contributed by atoms with Crippen LogP contribution >= 0.6 is 0 Å². The Labute approximate surface area is 205 Å². The van der Waals surface area contributed by atoms with E-state index < -0.39 is 0 Å². The van der Waals surface area contributed by atoms with Gasteiger partial charge >= 0.3 is 0 Å². The monoisotopic (exact) mass is 475 g/mol. The zero-order valence-corrected chi connectivity index (χ0v) is 21.2. The minimum atomic E-state index is -0.0408. The molecule has 9 nitrogen and oxygen atoms in total. The van der Waals surface area contributed by atoms with Crippen LogP contribution in [0.15, 0.2) is 30.5 Å². The fourth-order valence-corrected chi connectivity index (χ4v) is 5.01. The molecule has 1 saturated heterocycles. The molecular weight excluding hydrogens is 442 g/mol. The Bertz CT molecular complexity index is 1290. The second kappa shape index (κ2) is 8.87. The molecule has 0 unspecified atom stereocenters. The van der Waals surface area contributed by atoms with Gasteiger partial charge < -0.3 is 24.2 Å². The van der Waals surface area contributed by atoms with Crippen LogP contribution in [0.3, 0.4) is 0 Å². The van der Waals surface area contributed by atoms with Gasteiger partial charge in [0.2, 0.25) is 11.9 Å². The molecule has 2 amide bonds. The molecule has 9 heteroatoms. The first-order chi connectivity index (χ1) is 16.7. The van der Waals surface area contributed by atoms with Crippen molar-refractivity contribution in [3.8, 4) is 0 Å². The summed E-state index contributed by atoms with van der Waals surface area (Å²) >= 11 is 0. The van der Waals surface area contributed by atoms with Gasteiger partial charge in [-0.3, -0.25) is 9.59 Å². The van der Waals surface area contributed by atoms with Crippen molar-refractivity contribution in [1.82, 2.24) is 24.3 Å². The molecule has 2 aromatic heterocycles. The number of fused-ring (bicyclic) bond motifs is 2. The molecule has 35 heavy (non-hydrogen) atoms. The molecule has 0 N–H and O–H groups in total. The van der Waals surface area contributed by atoms with Crippen LogP contribution in [0.1, 0.15) is 42.4 Å². The summed E-state index contributed by atoms with van der Waals surface area (Å²) in [4.78, 5) is 42.6. The van der Waals surface area contributed by atoms with Gasteiger partial charge in [0.25, 0.3) is 5.91 Å². The Morgan fingerprint density at radius 3 is 2.54 bits per heavy atom. The Hall–Kier alpha value is -3.62. The zero-order chi connectivity index (χ0) is 24.9. The first-order valence-corrected chi connectivity index (χ1v) is 12.2. The molecule has 0 saturated carbocycles. The van der Waals surface area contributed by atoms with Crippen molar-refractivity contribution in [2.45, 2.75) is 39.9 Å². The van der Waals surface area contributed by atoms with E-state index in [2.05, 4.69) is 51.9 Å². The van der Waals surface area contributed by atoms with Crippen LogP contribution < -0.4 is 9.80 Å². The highest BCUT2D eigenvalue weighted by atomic mass is 16.2. The van der Waals surface area contributed by atoms with E-state index >= 15 is 0 Å². The molecule has 4 heterocycles. The van der Waals surface area contributed by atoms with Crippen molar-refractivity contribution in [2.24, 2.45) is 7.05 Å². The minimum Gasteiger partial charge on any atom is -0.355 e. The maximum absolute atomic E-state index is 13.2. The number of hydrogen-bond donors (Lipinski definition) is 0. The van der Waals surface area contributed by atoms with Gasteiger partial charge in [-0.05, 0) is 36.9 Å². The molecule has 1 aromatic carbocycles. The number of carbonyl (C=O) groups is 2. The van der Waals surface area contributed by atoms with Crippen molar-refractivity contribution in [2.75, 3.05) is 43.0 Å². The molecule has 5 rings (SSSR count). The summed E-state index contributed by atoms with van der Waals surface area (Å²) in [6, 6.07) is 8.70. The molecular formula is C26H33N7O2. The van der Waals surface area contributed by atoms with E-state index in [4.69, 9.17) is 9.97 Å². The third-order valence-corrected chi connectivity index (χ3v) is 7.13.